The summed E-state index contributed by atoms with van der Waals surface area (Å²) in [7, 11) is -9.53. The van der Waals surface area contributed by atoms with E-state index in [1.807, 2.05) is 30.3 Å². The maximum absolute atomic E-state index is 11.9. The molecular formula is C19H21ClN6O9P2. The summed E-state index contributed by atoms with van der Waals surface area (Å²) in [6.45, 7) is -0.724. The molecule has 0 radical (unpaired) electrons. The Morgan fingerprint density at radius 2 is 1.92 bits per heavy atom. The van der Waals surface area contributed by atoms with Gasteiger partial charge in [-0.2, -0.15) is 9.97 Å². The number of hydrogen-bond acceptors (Lipinski definition) is 10. The van der Waals surface area contributed by atoms with Gasteiger partial charge in [-0.05, 0) is 23.7 Å². The summed E-state index contributed by atoms with van der Waals surface area (Å²) in [5.74, 6) is -0.532. The Labute approximate surface area is 212 Å². The first-order valence-electron chi connectivity index (χ1n) is 10.7. The van der Waals surface area contributed by atoms with E-state index in [1.54, 1.807) is 0 Å². The average Bonchev–Trinajstić information content (AvgIpc) is 3.47. The number of fused-ring (bicyclic) bond motifs is 2. The molecule has 1 unspecified atom stereocenters. The van der Waals surface area contributed by atoms with Gasteiger partial charge in [-0.1, -0.05) is 18.2 Å². The number of hydrogen-bond donors (Lipinski definition) is 7. The first kappa shape index (κ1) is 26.2. The Kier molecular flexibility index (Phi) is 6.88. The van der Waals surface area contributed by atoms with Gasteiger partial charge in [0.25, 0.3) is 0 Å². The van der Waals surface area contributed by atoms with Crippen molar-refractivity contribution in [2.75, 3.05) is 17.8 Å². The van der Waals surface area contributed by atoms with Crippen molar-refractivity contribution in [2.24, 2.45) is 0 Å². The number of H-pyrrole nitrogens is 1. The topological polar surface area (TPSA) is 225 Å². The highest BCUT2D eigenvalue weighted by Gasteiger charge is 2.45. The SMILES string of the molecule is O=P(O)(O)CP(=O)(O)OC[C@H]1O[C@@H](n2cnc3c(Nc4cc5ccccc5[nH]4)nc(Cl)nc32)[C@@H](O)[C@H]1O. The Hall–Kier alpha value is -2.42. The van der Waals surface area contributed by atoms with Crippen LogP contribution in [0.2, 0.25) is 5.28 Å². The minimum Gasteiger partial charge on any atom is -0.387 e. The molecule has 15 nitrogen and oxygen atoms in total. The zero-order chi connectivity index (χ0) is 26.5. The molecule has 3 aromatic heterocycles. The monoisotopic (exact) mass is 574 g/mol. The van der Waals surface area contributed by atoms with Crippen LogP contribution < -0.4 is 5.32 Å². The first-order valence-corrected chi connectivity index (χ1v) is 14.6. The molecule has 0 spiro atoms. The smallest absolute Gasteiger partial charge is 0.340 e. The summed E-state index contributed by atoms with van der Waals surface area (Å²) in [5, 5.41) is 24.9. The Balaban J connectivity index is 1.38. The molecule has 37 heavy (non-hydrogen) atoms. The minimum atomic E-state index is -4.84. The van der Waals surface area contributed by atoms with Crippen LogP contribution in [0, 0.1) is 0 Å². The zero-order valence-corrected chi connectivity index (χ0v) is 21.2. The van der Waals surface area contributed by atoms with Gasteiger partial charge in [-0.3, -0.25) is 13.7 Å². The van der Waals surface area contributed by atoms with Crippen LogP contribution in [0.4, 0.5) is 11.6 Å². The van der Waals surface area contributed by atoms with Crippen LogP contribution in [0.1, 0.15) is 6.23 Å². The van der Waals surface area contributed by atoms with E-state index in [-0.39, 0.29) is 22.3 Å². The third-order valence-corrected chi connectivity index (χ3v) is 9.22. The molecule has 1 aliphatic rings. The maximum Gasteiger partial charge on any atom is 0.340 e. The molecule has 7 N–H and O–H groups in total. The number of aromatic amines is 1. The van der Waals surface area contributed by atoms with Crippen molar-refractivity contribution in [3.63, 3.8) is 0 Å². The fourth-order valence-electron chi connectivity index (χ4n) is 3.99. The standard InChI is InChI=1S/C19H21ClN6O9P2/c20-19-24-16(23-12-5-9-3-1-2-4-10(9)22-12)13-17(25-19)26(7-21-13)18-15(28)14(27)11(35-18)6-34-37(32,33)8-36(29,30)31/h1-5,7,11,14-15,18,22,27-28H,6,8H2,(H,32,33)(H,23,24,25)(H2,29,30,31)/t11-,14+,15+,18-/m1/s1. The second-order valence-corrected chi connectivity index (χ2v) is 12.7. The van der Waals surface area contributed by atoms with E-state index in [2.05, 4.69) is 25.3 Å². The summed E-state index contributed by atoms with van der Waals surface area (Å²) in [6.07, 6.45) is -4.37. The molecule has 1 aliphatic heterocycles. The number of aromatic nitrogens is 5. The van der Waals surface area contributed by atoms with Gasteiger partial charge in [0, 0.05) is 10.9 Å². The number of aliphatic hydroxyl groups is 2. The fraction of sp³-hybridized carbons (Fsp3) is 0.316. The summed E-state index contributed by atoms with van der Waals surface area (Å²) >= 11 is 6.14. The number of aliphatic hydroxyl groups excluding tert-OH is 2. The lowest BCUT2D eigenvalue weighted by Gasteiger charge is -2.18. The normalized spacial score (nSPS) is 24.1. The minimum absolute atomic E-state index is 0.139. The van der Waals surface area contributed by atoms with E-state index in [0.717, 1.165) is 10.9 Å². The number of para-hydroxylation sites is 1. The van der Waals surface area contributed by atoms with Crippen LogP contribution >= 0.6 is 26.8 Å². The Bertz CT molecular complexity index is 1520. The fourth-order valence-corrected chi connectivity index (χ4v) is 6.73. The second-order valence-electron chi connectivity index (χ2n) is 8.35. The summed E-state index contributed by atoms with van der Waals surface area (Å²) in [6, 6.07) is 9.49. The number of nitrogens with one attached hydrogen (secondary N) is 2. The van der Waals surface area contributed by atoms with E-state index >= 15 is 0 Å². The summed E-state index contributed by atoms with van der Waals surface area (Å²) in [5.41, 5.74) is 1.32. The van der Waals surface area contributed by atoms with E-state index < -0.39 is 52.2 Å². The molecule has 0 amide bonds. The number of anilines is 2. The molecule has 5 rings (SSSR count). The first-order chi connectivity index (χ1) is 17.4. The van der Waals surface area contributed by atoms with Crippen molar-refractivity contribution in [3.8, 4) is 0 Å². The van der Waals surface area contributed by atoms with Crippen molar-refractivity contribution in [2.45, 2.75) is 24.5 Å². The van der Waals surface area contributed by atoms with Crippen molar-refractivity contribution in [1.29, 1.82) is 0 Å². The van der Waals surface area contributed by atoms with Crippen molar-refractivity contribution >= 4 is 60.5 Å². The van der Waals surface area contributed by atoms with E-state index in [1.165, 1.54) is 10.9 Å². The largest absolute Gasteiger partial charge is 0.387 e. The molecule has 0 saturated carbocycles. The Morgan fingerprint density at radius 3 is 2.65 bits per heavy atom. The number of imidazole rings is 1. The quantitative estimate of drug-likeness (QED) is 0.117. The van der Waals surface area contributed by atoms with Crippen molar-refractivity contribution < 1.29 is 43.3 Å². The predicted octanol–water partition coefficient (Wildman–Crippen LogP) is 1.66. The van der Waals surface area contributed by atoms with E-state index in [9.17, 15) is 24.2 Å². The second kappa shape index (κ2) is 9.71. The van der Waals surface area contributed by atoms with Crippen molar-refractivity contribution in [3.05, 3.63) is 41.9 Å². The molecule has 1 fully saturated rings. The van der Waals surface area contributed by atoms with E-state index in [4.69, 9.17) is 30.6 Å². The molecule has 1 saturated heterocycles. The van der Waals surface area contributed by atoms with E-state index in [0.29, 0.717) is 5.82 Å². The average molecular weight is 575 g/mol. The number of halogens is 1. The summed E-state index contributed by atoms with van der Waals surface area (Å²) < 4.78 is 34.6. The van der Waals surface area contributed by atoms with Gasteiger partial charge >= 0.3 is 15.2 Å². The van der Waals surface area contributed by atoms with Gasteiger partial charge in [0.2, 0.25) is 5.28 Å². The van der Waals surface area contributed by atoms with Crippen LogP contribution in [0.25, 0.3) is 22.1 Å². The van der Waals surface area contributed by atoms with Gasteiger partial charge < -0.3 is 44.5 Å². The van der Waals surface area contributed by atoms with Gasteiger partial charge in [-0.25, -0.2) is 4.98 Å². The predicted molar refractivity (Wildman–Crippen MR) is 131 cm³/mol. The van der Waals surface area contributed by atoms with Crippen molar-refractivity contribution in [1.82, 2.24) is 24.5 Å². The Morgan fingerprint density at radius 1 is 1.16 bits per heavy atom. The molecule has 4 aromatic rings. The molecule has 18 heteroatoms. The molecule has 1 aromatic carbocycles. The highest BCUT2D eigenvalue weighted by Crippen LogP contribution is 2.55. The lowest BCUT2D eigenvalue weighted by molar-refractivity contribution is -0.0483. The van der Waals surface area contributed by atoms with Gasteiger partial charge in [-0.15, -0.1) is 0 Å². The number of ether oxygens (including phenoxy) is 1. The third kappa shape index (κ3) is 5.56. The van der Waals surface area contributed by atoms with Gasteiger partial charge in [0.15, 0.2) is 29.1 Å². The molecule has 198 valence electrons. The molecule has 4 heterocycles. The maximum atomic E-state index is 11.9. The van der Waals surface area contributed by atoms with Gasteiger partial charge in [0.1, 0.15) is 24.1 Å². The lowest BCUT2D eigenvalue weighted by atomic mass is 10.1. The number of benzene rings is 1. The highest BCUT2D eigenvalue weighted by atomic mass is 35.5. The van der Waals surface area contributed by atoms with Crippen LogP contribution in [-0.4, -0.2) is 80.2 Å². The van der Waals surface area contributed by atoms with Crippen LogP contribution in [-0.2, 0) is 18.4 Å². The number of nitrogens with zero attached hydrogens (tertiary/aromatic N) is 4. The molecule has 5 atom stereocenters. The van der Waals surface area contributed by atoms with Crippen LogP contribution in [0.15, 0.2) is 36.7 Å². The highest BCUT2D eigenvalue weighted by molar-refractivity contribution is 7.70. The van der Waals surface area contributed by atoms with Crippen LogP contribution in [0.5, 0.6) is 0 Å². The molecular weight excluding hydrogens is 554 g/mol. The van der Waals surface area contributed by atoms with Crippen LogP contribution in [0.3, 0.4) is 0 Å². The summed E-state index contributed by atoms with van der Waals surface area (Å²) in [4.78, 5) is 43.4. The molecule has 0 aliphatic carbocycles. The third-order valence-electron chi connectivity index (χ3n) is 5.59. The number of rotatable bonds is 8. The van der Waals surface area contributed by atoms with Gasteiger partial charge in [0.05, 0.1) is 12.9 Å². The molecule has 0 bridgehead atoms. The zero-order valence-electron chi connectivity index (χ0n) is 18.6. The lowest BCUT2D eigenvalue weighted by Crippen LogP contribution is -2.33.